The molecule has 1 saturated heterocycles. The van der Waals surface area contributed by atoms with Gasteiger partial charge in [-0.1, -0.05) is 18.9 Å². The molecule has 3 aliphatic rings. The number of aliphatic hydroxyl groups excluding tert-OH is 2. The van der Waals surface area contributed by atoms with E-state index in [1.54, 1.807) is 0 Å². The molecule has 2 aliphatic carbocycles. The lowest BCUT2D eigenvalue weighted by atomic mass is 9.52. The van der Waals surface area contributed by atoms with Crippen LogP contribution in [0.15, 0.2) is 18.2 Å². The van der Waals surface area contributed by atoms with Gasteiger partial charge in [-0.05, 0) is 68.3 Å². The molecule has 194 valence electrons. The minimum atomic E-state index is -2.27. The number of piperidine rings is 1. The molecule has 1 saturated carbocycles. The van der Waals surface area contributed by atoms with E-state index in [2.05, 4.69) is 11.0 Å². The molecular weight excluding hydrogens is 458 g/mol. The van der Waals surface area contributed by atoms with Gasteiger partial charge in [-0.15, -0.1) is 0 Å². The van der Waals surface area contributed by atoms with Gasteiger partial charge in [-0.3, -0.25) is 9.69 Å². The highest BCUT2D eigenvalue weighted by Crippen LogP contribution is 2.56. The Morgan fingerprint density at radius 2 is 1.80 bits per heavy atom. The predicted molar refractivity (Wildman–Crippen MR) is 124 cm³/mol. The number of aliphatic carboxylic acids is 2. The van der Waals surface area contributed by atoms with E-state index in [0.29, 0.717) is 30.7 Å². The van der Waals surface area contributed by atoms with E-state index in [9.17, 15) is 19.5 Å². The van der Waals surface area contributed by atoms with Crippen LogP contribution in [-0.2, 0) is 31.0 Å². The van der Waals surface area contributed by atoms with Crippen molar-refractivity contribution >= 4 is 17.9 Å². The molecule has 1 heterocycles. The monoisotopic (exact) mass is 493 g/mol. The summed E-state index contributed by atoms with van der Waals surface area (Å²) in [5.74, 6) is -2.55. The molecule has 1 aromatic rings. The quantitative estimate of drug-likeness (QED) is 0.349. The van der Waals surface area contributed by atoms with E-state index in [1.165, 1.54) is 36.8 Å². The van der Waals surface area contributed by atoms with Crippen LogP contribution < -0.4 is 0 Å². The number of benzene rings is 1. The zero-order chi connectivity index (χ0) is 25.8. The first kappa shape index (κ1) is 26.9. The van der Waals surface area contributed by atoms with E-state index in [1.807, 2.05) is 19.1 Å². The number of fused-ring (bicyclic) bond motifs is 1. The fourth-order valence-corrected chi connectivity index (χ4v) is 6.09. The van der Waals surface area contributed by atoms with Crippen LogP contribution in [0.4, 0.5) is 0 Å². The average Bonchev–Trinajstić information content (AvgIpc) is 2.83. The first-order valence-electron chi connectivity index (χ1n) is 12.1. The molecule has 2 fully saturated rings. The highest BCUT2D eigenvalue weighted by molar-refractivity contribution is 5.83. The Morgan fingerprint density at radius 3 is 2.43 bits per heavy atom. The van der Waals surface area contributed by atoms with Crippen molar-refractivity contribution in [2.75, 3.05) is 19.7 Å². The van der Waals surface area contributed by atoms with Crippen LogP contribution in [0.1, 0.15) is 56.6 Å². The lowest BCUT2D eigenvalue weighted by molar-refractivity contribution is -0.165. The SMILES string of the molecule is CCOC(=O)CCN1CC[C@]23CCCC[C@H]2[C@@H]1Cc1ccc(O)cc13.O=C(O)[C@H](O)[C@@H](O)C(=O)O. The lowest BCUT2D eigenvalue weighted by Crippen LogP contribution is -2.61. The molecule has 1 aliphatic heterocycles. The molecule has 2 bridgehead atoms. The molecule has 5 atom stereocenters. The molecule has 1 aromatic carbocycles. The van der Waals surface area contributed by atoms with Crippen LogP contribution >= 0.6 is 0 Å². The lowest BCUT2D eigenvalue weighted by Gasteiger charge is -2.59. The Kier molecular flexibility index (Phi) is 8.74. The van der Waals surface area contributed by atoms with Gasteiger partial charge in [0.05, 0.1) is 13.0 Å². The molecule has 4 rings (SSSR count). The standard InChI is InChI=1S/C21H29NO3.C4H6O6/c1-2-25-20(24)8-11-22-12-10-21-9-4-3-5-17(21)19(22)13-15-6-7-16(23)14-18(15)21;5-1(3(7)8)2(6)4(9)10/h6-7,14,17,19,23H,2-5,8-13H2,1H3;1-2,5-6H,(H,7,8)(H,9,10)/t17-,19-,21+;1-,2-/m01/s1. The number of phenols is 1. The molecule has 35 heavy (non-hydrogen) atoms. The third kappa shape index (κ3) is 5.76. The number of carboxylic acid groups (broad SMARTS) is 2. The number of aliphatic hydroxyl groups is 2. The molecule has 0 aromatic heterocycles. The zero-order valence-corrected chi connectivity index (χ0v) is 19.9. The van der Waals surface area contributed by atoms with Gasteiger partial charge in [0.25, 0.3) is 0 Å². The molecule has 0 radical (unpaired) electrons. The normalized spacial score (nSPS) is 26.7. The van der Waals surface area contributed by atoms with Crippen molar-refractivity contribution in [3.8, 4) is 5.75 Å². The van der Waals surface area contributed by atoms with Crippen LogP contribution in [-0.4, -0.2) is 86.3 Å². The number of esters is 1. The van der Waals surface area contributed by atoms with Gasteiger partial charge in [0.1, 0.15) is 5.75 Å². The van der Waals surface area contributed by atoms with Crippen molar-refractivity contribution in [3.63, 3.8) is 0 Å². The summed E-state index contributed by atoms with van der Waals surface area (Å²) in [6.45, 7) is 4.19. The number of nitrogens with zero attached hydrogens (tertiary/aromatic N) is 1. The maximum Gasteiger partial charge on any atom is 0.335 e. The molecule has 0 spiro atoms. The fraction of sp³-hybridized carbons (Fsp3) is 0.640. The van der Waals surface area contributed by atoms with Gasteiger partial charge in [0.2, 0.25) is 0 Å². The summed E-state index contributed by atoms with van der Waals surface area (Å²) in [5, 5.41) is 42.6. The van der Waals surface area contributed by atoms with Gasteiger partial charge < -0.3 is 30.3 Å². The van der Waals surface area contributed by atoms with Crippen LogP contribution in [0.2, 0.25) is 0 Å². The van der Waals surface area contributed by atoms with E-state index in [0.717, 1.165) is 25.9 Å². The van der Waals surface area contributed by atoms with Crippen LogP contribution in [0, 0.1) is 5.92 Å². The highest BCUT2D eigenvalue weighted by Gasteiger charge is 2.53. The van der Waals surface area contributed by atoms with E-state index in [-0.39, 0.29) is 11.4 Å². The number of phenolic OH excluding ortho intramolecular Hbond substituents is 1. The van der Waals surface area contributed by atoms with Crippen molar-refractivity contribution in [2.45, 2.75) is 75.5 Å². The minimum absolute atomic E-state index is 0.0795. The second kappa shape index (κ2) is 11.4. The van der Waals surface area contributed by atoms with Crippen molar-refractivity contribution in [2.24, 2.45) is 5.92 Å². The largest absolute Gasteiger partial charge is 0.508 e. The zero-order valence-electron chi connectivity index (χ0n) is 19.9. The number of hydrogen-bond acceptors (Lipinski definition) is 8. The molecule has 10 heteroatoms. The van der Waals surface area contributed by atoms with Crippen molar-refractivity contribution in [1.82, 2.24) is 4.90 Å². The topological polar surface area (TPSA) is 165 Å². The average molecular weight is 494 g/mol. The second-order valence-electron chi connectivity index (χ2n) is 9.53. The Hall–Kier alpha value is -2.69. The van der Waals surface area contributed by atoms with Gasteiger partial charge in [-0.2, -0.15) is 0 Å². The number of rotatable bonds is 7. The Balaban J connectivity index is 0.000000292. The number of hydrogen-bond donors (Lipinski definition) is 5. The smallest absolute Gasteiger partial charge is 0.335 e. The third-order valence-electron chi connectivity index (χ3n) is 7.65. The van der Waals surface area contributed by atoms with E-state index >= 15 is 0 Å². The Labute approximate surface area is 204 Å². The van der Waals surface area contributed by atoms with Crippen LogP contribution in [0.5, 0.6) is 5.75 Å². The maximum atomic E-state index is 11.8. The summed E-state index contributed by atoms with van der Waals surface area (Å²) in [4.78, 5) is 33.9. The Bertz CT molecular complexity index is 918. The molecule has 0 amide bonds. The van der Waals surface area contributed by atoms with Crippen molar-refractivity contribution < 1.29 is 44.7 Å². The molecule has 0 unspecified atom stereocenters. The van der Waals surface area contributed by atoms with Crippen molar-refractivity contribution in [3.05, 3.63) is 29.3 Å². The molecule has 10 nitrogen and oxygen atoms in total. The summed E-state index contributed by atoms with van der Waals surface area (Å²) in [5.41, 5.74) is 3.07. The number of carbonyl (C=O) groups excluding carboxylic acids is 1. The molecular formula is C25H35NO9. The number of ether oxygens (including phenoxy) is 1. The first-order chi connectivity index (χ1) is 16.6. The second-order valence-corrected chi connectivity index (χ2v) is 9.53. The third-order valence-corrected chi connectivity index (χ3v) is 7.65. The fourth-order valence-electron chi connectivity index (χ4n) is 6.09. The summed E-state index contributed by atoms with van der Waals surface area (Å²) in [6, 6.07) is 6.52. The number of aromatic hydroxyl groups is 1. The van der Waals surface area contributed by atoms with Crippen LogP contribution in [0.25, 0.3) is 0 Å². The number of carbonyl (C=O) groups is 3. The summed E-state index contributed by atoms with van der Waals surface area (Å²) < 4.78 is 5.12. The molecule has 5 N–H and O–H groups in total. The number of carboxylic acids is 2. The highest BCUT2D eigenvalue weighted by atomic mass is 16.5. The van der Waals surface area contributed by atoms with Gasteiger partial charge in [0.15, 0.2) is 12.2 Å². The van der Waals surface area contributed by atoms with Gasteiger partial charge in [0, 0.05) is 18.0 Å². The number of likely N-dealkylation sites (tertiary alicyclic amines) is 1. The van der Waals surface area contributed by atoms with Gasteiger partial charge >= 0.3 is 17.9 Å². The van der Waals surface area contributed by atoms with Crippen molar-refractivity contribution in [1.29, 1.82) is 0 Å². The minimum Gasteiger partial charge on any atom is -0.508 e. The van der Waals surface area contributed by atoms with Crippen LogP contribution in [0.3, 0.4) is 0 Å². The Morgan fingerprint density at radius 1 is 1.11 bits per heavy atom. The van der Waals surface area contributed by atoms with E-state index < -0.39 is 24.1 Å². The summed E-state index contributed by atoms with van der Waals surface area (Å²) >= 11 is 0. The maximum absolute atomic E-state index is 11.8. The summed E-state index contributed by atoms with van der Waals surface area (Å²) in [7, 11) is 0. The van der Waals surface area contributed by atoms with Gasteiger partial charge in [-0.25, -0.2) is 9.59 Å². The predicted octanol–water partition coefficient (Wildman–Crippen LogP) is 1.28. The summed E-state index contributed by atoms with van der Waals surface area (Å²) in [6.07, 6.45) is 3.27. The van der Waals surface area contributed by atoms with E-state index in [4.69, 9.17) is 25.2 Å². The first-order valence-corrected chi connectivity index (χ1v) is 12.1.